The fourth-order valence-corrected chi connectivity index (χ4v) is 3.05. The standard InChI is InChI=1S/C15H21ClN2O3Si/c1-20-15(19)11-9-13(16)17-12-5-6-18(14(11)12)10-21-7-8-22(2,3)4/h5-6,9H,7-8,10H2,1-4H3. The van der Waals surface area contributed by atoms with Crippen molar-refractivity contribution in [2.24, 2.45) is 0 Å². The van der Waals surface area contributed by atoms with Gasteiger partial charge in [0.05, 0.1) is 23.7 Å². The van der Waals surface area contributed by atoms with Crippen molar-refractivity contribution in [1.29, 1.82) is 0 Å². The normalized spacial score (nSPS) is 11.9. The number of esters is 1. The van der Waals surface area contributed by atoms with Crippen molar-refractivity contribution >= 4 is 36.7 Å². The third-order valence-electron chi connectivity index (χ3n) is 3.32. The van der Waals surface area contributed by atoms with E-state index in [0.29, 0.717) is 29.9 Å². The second-order valence-corrected chi connectivity index (χ2v) is 12.4. The first kappa shape index (κ1) is 17.0. The Balaban J connectivity index is 2.22. The molecule has 5 nitrogen and oxygen atoms in total. The fourth-order valence-electron chi connectivity index (χ4n) is 2.09. The summed E-state index contributed by atoms with van der Waals surface area (Å²) >= 11 is 5.96. The van der Waals surface area contributed by atoms with Crippen LogP contribution in [-0.2, 0) is 16.2 Å². The van der Waals surface area contributed by atoms with Crippen LogP contribution in [0.2, 0.25) is 30.8 Å². The van der Waals surface area contributed by atoms with E-state index in [-0.39, 0.29) is 5.15 Å². The lowest BCUT2D eigenvalue weighted by Gasteiger charge is -2.16. The molecular weight excluding hydrogens is 320 g/mol. The lowest BCUT2D eigenvalue weighted by Crippen LogP contribution is -2.22. The van der Waals surface area contributed by atoms with Crippen LogP contribution in [0.1, 0.15) is 10.4 Å². The summed E-state index contributed by atoms with van der Waals surface area (Å²) in [5.41, 5.74) is 1.74. The molecule has 22 heavy (non-hydrogen) atoms. The number of ether oxygens (including phenoxy) is 2. The molecule has 2 rings (SSSR count). The predicted molar refractivity (Wildman–Crippen MR) is 90.2 cm³/mol. The Morgan fingerprint density at radius 2 is 2.14 bits per heavy atom. The highest BCUT2D eigenvalue weighted by Crippen LogP contribution is 2.23. The average molecular weight is 341 g/mol. The Labute approximate surface area is 136 Å². The van der Waals surface area contributed by atoms with E-state index in [1.165, 1.54) is 13.2 Å². The molecule has 0 aromatic carbocycles. The van der Waals surface area contributed by atoms with Gasteiger partial charge in [-0.15, -0.1) is 0 Å². The zero-order valence-electron chi connectivity index (χ0n) is 13.4. The van der Waals surface area contributed by atoms with Crippen LogP contribution in [0.5, 0.6) is 0 Å². The SMILES string of the molecule is COC(=O)c1cc(Cl)nc2ccn(COCC[Si](C)(C)C)c12. The Bertz CT molecular complexity index is 679. The Hall–Kier alpha value is -1.37. The number of methoxy groups -OCH3 is 1. The van der Waals surface area contributed by atoms with Gasteiger partial charge in [-0.1, -0.05) is 31.2 Å². The van der Waals surface area contributed by atoms with Gasteiger partial charge in [0.1, 0.15) is 11.9 Å². The molecule has 0 radical (unpaired) electrons. The minimum Gasteiger partial charge on any atom is -0.465 e. The maximum Gasteiger partial charge on any atom is 0.340 e. The van der Waals surface area contributed by atoms with E-state index in [1.54, 1.807) is 0 Å². The average Bonchev–Trinajstić information content (AvgIpc) is 2.83. The zero-order chi connectivity index (χ0) is 16.3. The molecular formula is C15H21ClN2O3Si. The van der Waals surface area contributed by atoms with Crippen molar-refractivity contribution in [2.45, 2.75) is 32.4 Å². The molecule has 0 atom stereocenters. The molecule has 0 aliphatic heterocycles. The van der Waals surface area contributed by atoms with Gasteiger partial charge in [0, 0.05) is 20.9 Å². The maximum absolute atomic E-state index is 11.9. The number of fused-ring (bicyclic) bond motifs is 1. The molecule has 0 unspecified atom stereocenters. The zero-order valence-corrected chi connectivity index (χ0v) is 15.1. The van der Waals surface area contributed by atoms with Crippen LogP contribution in [-0.4, -0.2) is 37.3 Å². The smallest absolute Gasteiger partial charge is 0.340 e. The van der Waals surface area contributed by atoms with Crippen molar-refractivity contribution in [3.63, 3.8) is 0 Å². The van der Waals surface area contributed by atoms with Crippen LogP contribution in [0.3, 0.4) is 0 Å². The van der Waals surface area contributed by atoms with E-state index in [0.717, 1.165) is 6.04 Å². The summed E-state index contributed by atoms with van der Waals surface area (Å²) < 4.78 is 12.4. The molecule has 0 spiro atoms. The molecule has 2 heterocycles. The van der Waals surface area contributed by atoms with Crippen LogP contribution in [0, 0.1) is 0 Å². The molecule has 2 aromatic heterocycles. The first-order chi connectivity index (χ1) is 10.3. The number of halogens is 1. The number of hydrogen-bond acceptors (Lipinski definition) is 4. The summed E-state index contributed by atoms with van der Waals surface area (Å²) in [7, 11) is 0.234. The van der Waals surface area contributed by atoms with Gasteiger partial charge in [-0.25, -0.2) is 9.78 Å². The van der Waals surface area contributed by atoms with E-state index in [9.17, 15) is 4.79 Å². The van der Waals surface area contributed by atoms with Gasteiger partial charge in [0.15, 0.2) is 0 Å². The molecule has 0 aliphatic carbocycles. The van der Waals surface area contributed by atoms with Crippen molar-refractivity contribution in [3.8, 4) is 0 Å². The maximum atomic E-state index is 11.9. The molecule has 0 saturated carbocycles. The predicted octanol–water partition coefficient (Wildman–Crippen LogP) is 3.79. The van der Waals surface area contributed by atoms with Gasteiger partial charge >= 0.3 is 5.97 Å². The summed E-state index contributed by atoms with van der Waals surface area (Å²) in [4.78, 5) is 16.2. The van der Waals surface area contributed by atoms with Crippen molar-refractivity contribution in [1.82, 2.24) is 9.55 Å². The topological polar surface area (TPSA) is 53.3 Å². The van der Waals surface area contributed by atoms with Crippen LogP contribution in [0.25, 0.3) is 11.0 Å². The van der Waals surface area contributed by atoms with Gasteiger partial charge < -0.3 is 14.0 Å². The Morgan fingerprint density at radius 3 is 2.77 bits per heavy atom. The molecule has 0 aliphatic rings. The molecule has 0 bridgehead atoms. The van der Waals surface area contributed by atoms with E-state index in [2.05, 4.69) is 24.6 Å². The highest BCUT2D eigenvalue weighted by Gasteiger charge is 2.17. The Kier molecular flexibility index (Phi) is 5.26. The van der Waals surface area contributed by atoms with Crippen LogP contribution in [0.15, 0.2) is 18.3 Å². The van der Waals surface area contributed by atoms with Gasteiger partial charge in [0.25, 0.3) is 0 Å². The monoisotopic (exact) mass is 340 g/mol. The largest absolute Gasteiger partial charge is 0.465 e. The summed E-state index contributed by atoms with van der Waals surface area (Å²) in [6.07, 6.45) is 1.84. The van der Waals surface area contributed by atoms with Crippen molar-refractivity contribution in [2.75, 3.05) is 13.7 Å². The number of aromatic nitrogens is 2. The number of carbonyl (C=O) groups is 1. The minimum atomic E-state index is -1.11. The van der Waals surface area contributed by atoms with E-state index in [1.807, 2.05) is 16.8 Å². The quantitative estimate of drug-likeness (QED) is 0.347. The summed E-state index contributed by atoms with van der Waals surface area (Å²) in [5.74, 6) is -0.434. The third kappa shape index (κ3) is 4.09. The van der Waals surface area contributed by atoms with E-state index >= 15 is 0 Å². The van der Waals surface area contributed by atoms with Gasteiger partial charge in [0.2, 0.25) is 0 Å². The lowest BCUT2D eigenvalue weighted by atomic mass is 10.2. The fraction of sp³-hybridized carbons (Fsp3) is 0.467. The minimum absolute atomic E-state index is 0.269. The number of pyridine rings is 1. The molecule has 0 fully saturated rings. The summed E-state index contributed by atoms with van der Waals surface area (Å²) in [6.45, 7) is 8.01. The molecule has 0 amide bonds. The summed E-state index contributed by atoms with van der Waals surface area (Å²) in [6, 6.07) is 4.43. The lowest BCUT2D eigenvalue weighted by molar-refractivity contribution is 0.0600. The van der Waals surface area contributed by atoms with E-state index < -0.39 is 14.0 Å². The molecule has 120 valence electrons. The number of hydrogen-bond donors (Lipinski definition) is 0. The van der Waals surface area contributed by atoms with Crippen LogP contribution < -0.4 is 0 Å². The number of nitrogens with zero attached hydrogens (tertiary/aromatic N) is 2. The summed E-state index contributed by atoms with van der Waals surface area (Å²) in [5, 5.41) is 0.269. The first-order valence-corrected chi connectivity index (χ1v) is 11.2. The first-order valence-electron chi connectivity index (χ1n) is 7.13. The molecule has 7 heteroatoms. The number of carbonyl (C=O) groups excluding carboxylic acids is 1. The number of rotatable bonds is 6. The molecule has 2 aromatic rings. The van der Waals surface area contributed by atoms with Crippen LogP contribution in [0.4, 0.5) is 0 Å². The highest BCUT2D eigenvalue weighted by molar-refractivity contribution is 6.76. The van der Waals surface area contributed by atoms with Gasteiger partial charge in [-0.2, -0.15) is 0 Å². The third-order valence-corrected chi connectivity index (χ3v) is 5.22. The van der Waals surface area contributed by atoms with Gasteiger partial charge in [-0.3, -0.25) is 0 Å². The van der Waals surface area contributed by atoms with Crippen molar-refractivity contribution in [3.05, 3.63) is 29.0 Å². The second kappa shape index (κ2) is 6.81. The molecule has 0 saturated heterocycles. The second-order valence-electron chi connectivity index (χ2n) is 6.35. The van der Waals surface area contributed by atoms with Crippen molar-refractivity contribution < 1.29 is 14.3 Å². The van der Waals surface area contributed by atoms with Gasteiger partial charge in [-0.05, 0) is 18.2 Å². The van der Waals surface area contributed by atoms with E-state index in [4.69, 9.17) is 21.1 Å². The van der Waals surface area contributed by atoms with Crippen LogP contribution >= 0.6 is 11.6 Å². The Morgan fingerprint density at radius 1 is 1.41 bits per heavy atom. The highest BCUT2D eigenvalue weighted by atomic mass is 35.5. The molecule has 0 N–H and O–H groups in total.